The van der Waals surface area contributed by atoms with Gasteiger partial charge in [-0.3, -0.25) is 0 Å². The lowest BCUT2D eigenvalue weighted by molar-refractivity contribution is 0.587. The van der Waals surface area contributed by atoms with E-state index in [1.165, 1.54) is 6.26 Å². The fraction of sp³-hybridized carbons (Fsp3) is 0.571. The summed E-state index contributed by atoms with van der Waals surface area (Å²) in [4.78, 5) is 6.78. The third kappa shape index (κ3) is 3.56. The number of hydrogen-bond acceptors (Lipinski definition) is 4. The van der Waals surface area contributed by atoms with E-state index in [0.717, 1.165) is 0 Å². The molecule has 1 unspecified atom stereocenters. The highest BCUT2D eigenvalue weighted by Crippen LogP contribution is 2.08. The highest BCUT2D eigenvalue weighted by Gasteiger charge is 2.11. The smallest absolute Gasteiger partial charge is 0.147 e. The van der Waals surface area contributed by atoms with Crippen LogP contribution in [0.2, 0.25) is 0 Å². The van der Waals surface area contributed by atoms with Crippen LogP contribution >= 0.6 is 0 Å². The van der Waals surface area contributed by atoms with Crippen molar-refractivity contribution in [3.8, 4) is 0 Å². The lowest BCUT2D eigenvalue weighted by atomic mass is 10.2. The van der Waals surface area contributed by atoms with E-state index in [1.54, 1.807) is 12.4 Å². The molecule has 0 aliphatic heterocycles. The van der Waals surface area contributed by atoms with Gasteiger partial charge >= 0.3 is 0 Å². The number of imidazole rings is 1. The van der Waals surface area contributed by atoms with Crippen LogP contribution in [0.4, 0.5) is 0 Å². The molecule has 1 atom stereocenters. The first-order valence-corrected chi connectivity index (χ1v) is 5.97. The van der Waals surface area contributed by atoms with E-state index in [2.05, 4.69) is 9.97 Å². The first-order chi connectivity index (χ1) is 5.99. The van der Waals surface area contributed by atoms with E-state index in [4.69, 9.17) is 5.73 Å². The number of aromatic amines is 1. The van der Waals surface area contributed by atoms with E-state index in [-0.39, 0.29) is 11.8 Å². The predicted molar refractivity (Wildman–Crippen MR) is 49.8 cm³/mol. The van der Waals surface area contributed by atoms with Crippen LogP contribution in [0.1, 0.15) is 18.3 Å². The Bertz CT molecular complexity index is 344. The largest absolute Gasteiger partial charge is 0.347 e. The second kappa shape index (κ2) is 3.89. The molecule has 1 heterocycles. The Kier molecular flexibility index (Phi) is 3.05. The summed E-state index contributed by atoms with van der Waals surface area (Å²) in [7, 11) is -2.93. The monoisotopic (exact) mass is 203 g/mol. The van der Waals surface area contributed by atoms with Gasteiger partial charge in [-0.2, -0.15) is 0 Å². The summed E-state index contributed by atoms with van der Waals surface area (Å²) in [6.07, 6.45) is 4.85. The van der Waals surface area contributed by atoms with E-state index in [0.29, 0.717) is 12.2 Å². The Morgan fingerprint density at radius 1 is 1.69 bits per heavy atom. The fourth-order valence-corrected chi connectivity index (χ4v) is 1.64. The average Bonchev–Trinajstić information content (AvgIpc) is 2.50. The SMILES string of the molecule is CS(=O)(=O)CCC(N)c1ncc[nH]1. The number of aromatic nitrogens is 2. The molecule has 0 spiro atoms. The van der Waals surface area contributed by atoms with Gasteiger partial charge in [0.2, 0.25) is 0 Å². The third-order valence-corrected chi connectivity index (χ3v) is 2.65. The Morgan fingerprint density at radius 2 is 2.38 bits per heavy atom. The zero-order chi connectivity index (χ0) is 9.90. The molecule has 0 radical (unpaired) electrons. The van der Waals surface area contributed by atoms with Crippen molar-refractivity contribution in [2.75, 3.05) is 12.0 Å². The Labute approximate surface area is 77.3 Å². The summed E-state index contributed by atoms with van der Waals surface area (Å²) < 4.78 is 21.6. The average molecular weight is 203 g/mol. The van der Waals surface area contributed by atoms with Gasteiger partial charge in [-0.1, -0.05) is 0 Å². The molecule has 1 aromatic heterocycles. The van der Waals surface area contributed by atoms with E-state index >= 15 is 0 Å². The summed E-state index contributed by atoms with van der Waals surface area (Å²) >= 11 is 0. The quantitative estimate of drug-likeness (QED) is 0.712. The minimum atomic E-state index is -2.93. The molecular formula is C7H13N3O2S. The molecule has 3 N–H and O–H groups in total. The topological polar surface area (TPSA) is 88.8 Å². The van der Waals surface area contributed by atoms with Crippen LogP contribution in [-0.2, 0) is 9.84 Å². The summed E-state index contributed by atoms with van der Waals surface area (Å²) in [6, 6.07) is -0.329. The predicted octanol–water partition coefficient (Wildman–Crippen LogP) is -0.156. The first-order valence-electron chi connectivity index (χ1n) is 3.91. The number of hydrogen-bond donors (Lipinski definition) is 2. The van der Waals surface area contributed by atoms with Gasteiger partial charge in [0.25, 0.3) is 0 Å². The first kappa shape index (κ1) is 10.2. The van der Waals surface area contributed by atoms with Crippen molar-refractivity contribution in [3.63, 3.8) is 0 Å². The number of sulfone groups is 1. The standard InChI is InChI=1S/C7H13N3O2S/c1-13(11,12)5-2-6(8)7-9-3-4-10-7/h3-4,6H,2,5,8H2,1H3,(H,9,10). The van der Waals surface area contributed by atoms with Crippen molar-refractivity contribution < 1.29 is 8.42 Å². The van der Waals surface area contributed by atoms with Gasteiger partial charge in [-0.25, -0.2) is 13.4 Å². The van der Waals surface area contributed by atoms with Gasteiger partial charge in [0, 0.05) is 18.6 Å². The molecule has 0 fully saturated rings. The van der Waals surface area contributed by atoms with Crippen LogP contribution in [0, 0.1) is 0 Å². The molecule has 5 nitrogen and oxygen atoms in total. The number of rotatable bonds is 4. The van der Waals surface area contributed by atoms with Gasteiger partial charge in [0.15, 0.2) is 0 Å². The maximum Gasteiger partial charge on any atom is 0.147 e. The van der Waals surface area contributed by atoms with Gasteiger partial charge in [0.05, 0.1) is 11.8 Å². The van der Waals surface area contributed by atoms with Crippen molar-refractivity contribution in [3.05, 3.63) is 18.2 Å². The van der Waals surface area contributed by atoms with E-state index in [9.17, 15) is 8.42 Å². The minimum Gasteiger partial charge on any atom is -0.347 e. The van der Waals surface area contributed by atoms with Crippen LogP contribution < -0.4 is 5.73 Å². The molecule has 0 aromatic carbocycles. The molecule has 0 bridgehead atoms. The van der Waals surface area contributed by atoms with Gasteiger partial charge < -0.3 is 10.7 Å². The Hall–Kier alpha value is -0.880. The number of nitrogens with one attached hydrogen (secondary N) is 1. The van der Waals surface area contributed by atoms with Crippen LogP contribution in [0.5, 0.6) is 0 Å². The number of nitrogens with zero attached hydrogens (tertiary/aromatic N) is 1. The highest BCUT2D eigenvalue weighted by atomic mass is 32.2. The van der Waals surface area contributed by atoms with Gasteiger partial charge in [-0.05, 0) is 6.42 Å². The van der Waals surface area contributed by atoms with Gasteiger partial charge in [-0.15, -0.1) is 0 Å². The van der Waals surface area contributed by atoms with Crippen molar-refractivity contribution in [1.29, 1.82) is 0 Å². The summed E-state index contributed by atoms with van der Waals surface area (Å²) in [6.45, 7) is 0. The minimum absolute atomic E-state index is 0.0921. The normalized spacial score (nSPS) is 14.3. The summed E-state index contributed by atoms with van der Waals surface area (Å²) in [5.41, 5.74) is 5.69. The maximum atomic E-state index is 10.8. The van der Waals surface area contributed by atoms with E-state index in [1.807, 2.05) is 0 Å². The second-order valence-corrected chi connectivity index (χ2v) is 5.26. The fourth-order valence-electron chi connectivity index (χ4n) is 0.958. The molecular weight excluding hydrogens is 190 g/mol. The summed E-state index contributed by atoms with van der Waals surface area (Å²) in [5.74, 6) is 0.721. The van der Waals surface area contributed by atoms with Crippen molar-refractivity contribution in [1.82, 2.24) is 9.97 Å². The molecule has 0 aliphatic carbocycles. The molecule has 6 heteroatoms. The highest BCUT2D eigenvalue weighted by molar-refractivity contribution is 7.90. The second-order valence-electron chi connectivity index (χ2n) is 3.00. The molecule has 0 aliphatic rings. The Morgan fingerprint density at radius 3 is 2.85 bits per heavy atom. The lowest BCUT2D eigenvalue weighted by Gasteiger charge is -2.06. The third-order valence-electron chi connectivity index (χ3n) is 1.67. The molecule has 1 rings (SSSR count). The molecule has 0 amide bonds. The number of H-pyrrole nitrogens is 1. The van der Waals surface area contributed by atoms with Crippen molar-refractivity contribution in [2.45, 2.75) is 12.5 Å². The zero-order valence-electron chi connectivity index (χ0n) is 7.40. The molecule has 0 saturated carbocycles. The van der Waals surface area contributed by atoms with Crippen LogP contribution in [0.15, 0.2) is 12.4 Å². The van der Waals surface area contributed by atoms with Gasteiger partial charge in [0.1, 0.15) is 15.7 Å². The van der Waals surface area contributed by atoms with Crippen molar-refractivity contribution >= 4 is 9.84 Å². The zero-order valence-corrected chi connectivity index (χ0v) is 8.21. The van der Waals surface area contributed by atoms with Crippen molar-refractivity contribution in [2.24, 2.45) is 5.73 Å². The van der Waals surface area contributed by atoms with Crippen LogP contribution in [0.25, 0.3) is 0 Å². The van der Waals surface area contributed by atoms with Crippen LogP contribution in [-0.4, -0.2) is 30.4 Å². The lowest BCUT2D eigenvalue weighted by Crippen LogP contribution is -2.16. The summed E-state index contributed by atoms with van der Waals surface area (Å²) in [5, 5.41) is 0. The van der Waals surface area contributed by atoms with Crippen LogP contribution in [0.3, 0.4) is 0 Å². The molecule has 13 heavy (non-hydrogen) atoms. The van der Waals surface area contributed by atoms with E-state index < -0.39 is 9.84 Å². The number of nitrogens with two attached hydrogens (primary N) is 1. The molecule has 0 saturated heterocycles. The molecule has 74 valence electrons. The molecule has 1 aromatic rings. The Balaban J connectivity index is 2.48. The maximum absolute atomic E-state index is 10.8.